The highest BCUT2D eigenvalue weighted by molar-refractivity contribution is 7.98. The van der Waals surface area contributed by atoms with Crippen LogP contribution in [0.1, 0.15) is 6.42 Å². The van der Waals surface area contributed by atoms with E-state index in [1.54, 1.807) is 11.8 Å². The van der Waals surface area contributed by atoms with Crippen molar-refractivity contribution < 1.29 is 14.4 Å². The third kappa shape index (κ3) is 3.69. The smallest absolute Gasteiger partial charge is 0.268 e. The Labute approximate surface area is 92.2 Å². The Kier molecular flexibility index (Phi) is 4.86. The highest BCUT2D eigenvalue weighted by atomic mass is 32.2. The SMILES string of the molecule is CSCC[C@@H](N)C(=O)N[C@@H]1CONC1=O. The van der Waals surface area contributed by atoms with Crippen LogP contribution in [-0.2, 0) is 14.4 Å². The van der Waals surface area contributed by atoms with Gasteiger partial charge >= 0.3 is 0 Å². The van der Waals surface area contributed by atoms with Gasteiger partial charge in [0.25, 0.3) is 5.91 Å². The summed E-state index contributed by atoms with van der Waals surface area (Å²) in [7, 11) is 0. The number of hydroxylamine groups is 1. The van der Waals surface area contributed by atoms with Gasteiger partial charge in [0, 0.05) is 0 Å². The van der Waals surface area contributed by atoms with Crippen molar-refractivity contribution in [3.8, 4) is 0 Å². The van der Waals surface area contributed by atoms with Gasteiger partial charge in [0.05, 0.1) is 6.04 Å². The number of thioether (sulfide) groups is 1. The molecule has 0 aromatic heterocycles. The fraction of sp³-hybridized carbons (Fsp3) is 0.750. The molecule has 7 heteroatoms. The Morgan fingerprint density at radius 1 is 1.87 bits per heavy atom. The molecule has 1 saturated heterocycles. The molecule has 1 aliphatic rings. The van der Waals surface area contributed by atoms with Gasteiger partial charge in [0.15, 0.2) is 0 Å². The Balaban J connectivity index is 2.31. The van der Waals surface area contributed by atoms with E-state index in [1.807, 2.05) is 6.26 Å². The lowest BCUT2D eigenvalue weighted by molar-refractivity contribution is -0.129. The molecule has 1 fully saturated rings. The molecular formula is C8H15N3O3S. The normalized spacial score (nSPS) is 22.3. The van der Waals surface area contributed by atoms with Gasteiger partial charge in [0.2, 0.25) is 5.91 Å². The zero-order chi connectivity index (χ0) is 11.3. The maximum Gasteiger partial charge on any atom is 0.268 e. The van der Waals surface area contributed by atoms with Crippen molar-refractivity contribution in [3.63, 3.8) is 0 Å². The van der Waals surface area contributed by atoms with E-state index in [9.17, 15) is 9.59 Å². The van der Waals surface area contributed by atoms with Gasteiger partial charge in [0.1, 0.15) is 12.6 Å². The summed E-state index contributed by atoms with van der Waals surface area (Å²) in [5.74, 6) is 0.178. The summed E-state index contributed by atoms with van der Waals surface area (Å²) < 4.78 is 0. The molecular weight excluding hydrogens is 218 g/mol. The lowest BCUT2D eigenvalue weighted by Gasteiger charge is -2.13. The number of nitrogens with one attached hydrogen (secondary N) is 2. The molecule has 2 amide bonds. The molecule has 0 saturated carbocycles. The first kappa shape index (κ1) is 12.3. The van der Waals surface area contributed by atoms with Gasteiger partial charge in [-0.2, -0.15) is 11.8 Å². The summed E-state index contributed by atoms with van der Waals surface area (Å²) in [6.45, 7) is 0.153. The van der Waals surface area contributed by atoms with Gasteiger partial charge in [-0.25, -0.2) is 5.48 Å². The topological polar surface area (TPSA) is 93.5 Å². The lowest BCUT2D eigenvalue weighted by atomic mass is 10.2. The van der Waals surface area contributed by atoms with Gasteiger partial charge in [-0.05, 0) is 18.4 Å². The second-order valence-corrected chi connectivity index (χ2v) is 4.21. The van der Waals surface area contributed by atoms with Crippen LogP contribution >= 0.6 is 11.8 Å². The molecule has 0 spiro atoms. The minimum absolute atomic E-state index is 0.153. The first-order chi connectivity index (χ1) is 7.15. The van der Waals surface area contributed by atoms with E-state index in [1.165, 1.54) is 0 Å². The molecule has 86 valence electrons. The monoisotopic (exact) mass is 233 g/mol. The molecule has 0 bridgehead atoms. The van der Waals surface area contributed by atoms with Crippen molar-refractivity contribution in [3.05, 3.63) is 0 Å². The van der Waals surface area contributed by atoms with Crippen LogP contribution in [-0.4, -0.2) is 42.5 Å². The van der Waals surface area contributed by atoms with Crippen molar-refractivity contribution >= 4 is 23.6 Å². The van der Waals surface area contributed by atoms with Crippen LogP contribution in [0.3, 0.4) is 0 Å². The molecule has 15 heavy (non-hydrogen) atoms. The quantitative estimate of drug-likeness (QED) is 0.544. The number of carbonyl (C=O) groups excluding carboxylic acids is 2. The van der Waals surface area contributed by atoms with Gasteiger partial charge in [-0.1, -0.05) is 0 Å². The summed E-state index contributed by atoms with van der Waals surface area (Å²) in [6, 6.07) is -1.18. The van der Waals surface area contributed by atoms with Crippen LogP contribution in [0.5, 0.6) is 0 Å². The number of carbonyl (C=O) groups is 2. The zero-order valence-electron chi connectivity index (χ0n) is 8.49. The van der Waals surface area contributed by atoms with E-state index in [0.717, 1.165) is 5.75 Å². The van der Waals surface area contributed by atoms with E-state index in [2.05, 4.69) is 15.6 Å². The van der Waals surface area contributed by atoms with Crippen LogP contribution in [0.2, 0.25) is 0 Å². The van der Waals surface area contributed by atoms with Crippen LogP contribution in [0.15, 0.2) is 0 Å². The standard InChI is InChI=1S/C8H15N3O3S/c1-15-3-2-5(9)7(12)10-6-4-14-11-8(6)13/h5-6H,2-4,9H2,1H3,(H,10,12)(H,11,13)/t5-,6-/m1/s1. The maximum atomic E-state index is 11.5. The minimum Gasteiger partial charge on any atom is -0.341 e. The fourth-order valence-corrected chi connectivity index (χ4v) is 1.59. The fourth-order valence-electron chi connectivity index (χ4n) is 1.10. The van der Waals surface area contributed by atoms with E-state index in [-0.39, 0.29) is 18.4 Å². The van der Waals surface area contributed by atoms with Gasteiger partial charge < -0.3 is 11.1 Å². The highest BCUT2D eigenvalue weighted by Gasteiger charge is 2.28. The van der Waals surface area contributed by atoms with Crippen molar-refractivity contribution in [1.29, 1.82) is 0 Å². The molecule has 4 N–H and O–H groups in total. The Hall–Kier alpha value is -0.790. The van der Waals surface area contributed by atoms with Crippen molar-refractivity contribution in [2.45, 2.75) is 18.5 Å². The predicted molar refractivity (Wildman–Crippen MR) is 57.0 cm³/mol. The van der Waals surface area contributed by atoms with E-state index < -0.39 is 12.1 Å². The summed E-state index contributed by atoms with van der Waals surface area (Å²) in [5, 5.41) is 2.53. The van der Waals surface area contributed by atoms with Crippen molar-refractivity contribution in [1.82, 2.24) is 10.8 Å². The third-order valence-corrected chi connectivity index (χ3v) is 2.67. The molecule has 1 aliphatic heterocycles. The second-order valence-electron chi connectivity index (χ2n) is 3.23. The van der Waals surface area contributed by atoms with E-state index in [4.69, 9.17) is 5.73 Å². The largest absolute Gasteiger partial charge is 0.341 e. The zero-order valence-corrected chi connectivity index (χ0v) is 9.30. The summed E-state index contributed by atoms with van der Waals surface area (Å²) in [6.07, 6.45) is 2.55. The third-order valence-electron chi connectivity index (χ3n) is 2.03. The highest BCUT2D eigenvalue weighted by Crippen LogP contribution is 2.00. The second kappa shape index (κ2) is 5.94. The Morgan fingerprint density at radius 3 is 3.13 bits per heavy atom. The molecule has 1 rings (SSSR count). The summed E-state index contributed by atoms with van der Waals surface area (Å²) in [4.78, 5) is 27.2. The maximum absolute atomic E-state index is 11.5. The number of amides is 2. The first-order valence-corrected chi connectivity index (χ1v) is 6.01. The molecule has 1 heterocycles. The van der Waals surface area contributed by atoms with Crippen molar-refractivity contribution in [2.75, 3.05) is 18.6 Å². The Bertz CT molecular complexity index is 249. The molecule has 0 aromatic carbocycles. The molecule has 2 atom stereocenters. The number of hydrogen-bond acceptors (Lipinski definition) is 5. The van der Waals surface area contributed by atoms with Crippen LogP contribution in [0.4, 0.5) is 0 Å². The molecule has 0 aromatic rings. The average molecular weight is 233 g/mol. The summed E-state index contributed by atoms with van der Waals surface area (Å²) in [5.41, 5.74) is 7.79. The predicted octanol–water partition coefficient (Wildman–Crippen LogP) is -1.39. The Morgan fingerprint density at radius 2 is 2.60 bits per heavy atom. The average Bonchev–Trinajstić information content (AvgIpc) is 2.61. The number of hydrogen-bond donors (Lipinski definition) is 3. The summed E-state index contributed by atoms with van der Waals surface area (Å²) >= 11 is 1.63. The minimum atomic E-state index is -0.613. The molecule has 0 aliphatic carbocycles. The van der Waals surface area contributed by atoms with Gasteiger partial charge in [-0.15, -0.1) is 0 Å². The van der Waals surface area contributed by atoms with E-state index in [0.29, 0.717) is 6.42 Å². The molecule has 0 unspecified atom stereocenters. The van der Waals surface area contributed by atoms with Crippen LogP contribution in [0, 0.1) is 0 Å². The van der Waals surface area contributed by atoms with E-state index >= 15 is 0 Å². The number of nitrogens with two attached hydrogens (primary N) is 1. The van der Waals surface area contributed by atoms with Crippen LogP contribution in [0.25, 0.3) is 0 Å². The first-order valence-electron chi connectivity index (χ1n) is 4.61. The number of rotatable bonds is 5. The van der Waals surface area contributed by atoms with Crippen molar-refractivity contribution in [2.24, 2.45) is 5.73 Å². The van der Waals surface area contributed by atoms with Gasteiger partial charge in [-0.3, -0.25) is 14.4 Å². The van der Waals surface area contributed by atoms with Crippen LogP contribution < -0.4 is 16.5 Å². The molecule has 0 radical (unpaired) electrons. The lowest BCUT2D eigenvalue weighted by Crippen LogP contribution is -2.49. The molecule has 6 nitrogen and oxygen atoms in total.